The lowest BCUT2D eigenvalue weighted by atomic mass is 10.0. The highest BCUT2D eigenvalue weighted by Crippen LogP contribution is 2.42. The van der Waals surface area contributed by atoms with Gasteiger partial charge in [0.25, 0.3) is 5.91 Å². The summed E-state index contributed by atoms with van der Waals surface area (Å²) in [5, 5.41) is 5.03. The van der Waals surface area contributed by atoms with E-state index in [4.69, 9.17) is 9.47 Å². The predicted molar refractivity (Wildman–Crippen MR) is 127 cm³/mol. The molecule has 0 aliphatic carbocycles. The van der Waals surface area contributed by atoms with Gasteiger partial charge in [-0.1, -0.05) is 29.8 Å². The van der Waals surface area contributed by atoms with E-state index < -0.39 is 0 Å². The molecule has 5 nitrogen and oxygen atoms in total. The fourth-order valence-corrected chi connectivity index (χ4v) is 4.87. The number of hydrogen-bond donors (Lipinski definition) is 1. The molecule has 31 heavy (non-hydrogen) atoms. The Kier molecular flexibility index (Phi) is 6.49. The van der Waals surface area contributed by atoms with E-state index in [-0.39, 0.29) is 5.91 Å². The van der Waals surface area contributed by atoms with E-state index in [1.807, 2.05) is 31.3 Å². The topological polar surface area (TPSA) is 60.5 Å². The first-order valence-corrected chi connectivity index (χ1v) is 11.3. The van der Waals surface area contributed by atoms with Gasteiger partial charge in [0.15, 0.2) is 0 Å². The van der Waals surface area contributed by atoms with Crippen molar-refractivity contribution in [1.29, 1.82) is 0 Å². The van der Waals surface area contributed by atoms with Crippen molar-refractivity contribution >= 4 is 38.2 Å². The molecule has 160 valence electrons. The lowest BCUT2D eigenvalue weighted by molar-refractivity contribution is 0.0953. The zero-order chi connectivity index (χ0) is 21.8. The fourth-order valence-electron chi connectivity index (χ4n) is 3.63. The second kappa shape index (κ2) is 9.45. The van der Waals surface area contributed by atoms with Crippen molar-refractivity contribution in [2.24, 2.45) is 0 Å². The molecule has 0 fully saturated rings. The monoisotopic (exact) mass is 434 g/mol. The quantitative estimate of drug-likeness (QED) is 0.367. The van der Waals surface area contributed by atoms with Crippen LogP contribution in [0.15, 0.2) is 48.7 Å². The molecule has 0 atom stereocenters. The van der Waals surface area contributed by atoms with E-state index >= 15 is 0 Å². The van der Waals surface area contributed by atoms with Crippen LogP contribution < -0.4 is 10.1 Å². The van der Waals surface area contributed by atoms with Gasteiger partial charge in [-0.05, 0) is 44.0 Å². The molecule has 2 heterocycles. The Bertz CT molecular complexity index is 1220. The van der Waals surface area contributed by atoms with Crippen molar-refractivity contribution in [1.82, 2.24) is 10.3 Å². The van der Waals surface area contributed by atoms with Crippen LogP contribution in [0, 0.1) is 6.92 Å². The van der Waals surface area contributed by atoms with Crippen LogP contribution in [0.5, 0.6) is 5.75 Å². The Hall–Kier alpha value is -2.96. The number of aryl methyl sites for hydroxylation is 1. The second-order valence-corrected chi connectivity index (χ2v) is 8.41. The first-order valence-electron chi connectivity index (χ1n) is 10.4. The van der Waals surface area contributed by atoms with Gasteiger partial charge in [0.2, 0.25) is 0 Å². The predicted octanol–water partition coefficient (Wildman–Crippen LogP) is 5.59. The third kappa shape index (κ3) is 4.40. The maximum atomic E-state index is 13.2. The van der Waals surface area contributed by atoms with Crippen LogP contribution in [0.3, 0.4) is 0 Å². The number of carbonyl (C=O) groups is 1. The van der Waals surface area contributed by atoms with Gasteiger partial charge in [-0.2, -0.15) is 0 Å². The molecule has 0 aliphatic heterocycles. The summed E-state index contributed by atoms with van der Waals surface area (Å²) in [5.74, 6) is 0.738. The van der Waals surface area contributed by atoms with Crippen molar-refractivity contribution in [3.63, 3.8) is 0 Å². The number of thiophene rings is 1. The van der Waals surface area contributed by atoms with E-state index in [9.17, 15) is 4.79 Å². The minimum atomic E-state index is -0.0676. The van der Waals surface area contributed by atoms with Crippen LogP contribution in [-0.2, 0) is 4.74 Å². The van der Waals surface area contributed by atoms with Crippen LogP contribution in [0.1, 0.15) is 28.6 Å². The van der Waals surface area contributed by atoms with Crippen LogP contribution in [0.25, 0.3) is 32.1 Å². The average molecular weight is 435 g/mol. The summed E-state index contributed by atoms with van der Waals surface area (Å²) in [7, 11) is 1.66. The third-order valence-corrected chi connectivity index (χ3v) is 6.40. The van der Waals surface area contributed by atoms with Gasteiger partial charge >= 0.3 is 0 Å². The number of amides is 1. The van der Waals surface area contributed by atoms with Crippen molar-refractivity contribution < 1.29 is 14.3 Å². The molecular formula is C25H26N2O3S. The minimum Gasteiger partial charge on any atom is -0.494 e. The first-order chi connectivity index (χ1) is 15.1. The van der Waals surface area contributed by atoms with Crippen LogP contribution >= 0.6 is 11.3 Å². The highest BCUT2D eigenvalue weighted by Gasteiger charge is 2.21. The molecule has 0 saturated carbocycles. The van der Waals surface area contributed by atoms with Crippen LogP contribution in [-0.4, -0.2) is 37.8 Å². The summed E-state index contributed by atoms with van der Waals surface area (Å²) in [6.07, 6.45) is 2.65. The average Bonchev–Trinajstić information content (AvgIpc) is 3.17. The van der Waals surface area contributed by atoms with Gasteiger partial charge in [-0.25, -0.2) is 0 Å². The maximum Gasteiger partial charge on any atom is 0.262 e. The van der Waals surface area contributed by atoms with E-state index in [1.165, 1.54) is 16.9 Å². The number of carbonyl (C=O) groups excluding carboxylic acids is 1. The summed E-state index contributed by atoms with van der Waals surface area (Å²) in [4.78, 5) is 18.5. The van der Waals surface area contributed by atoms with Crippen molar-refractivity contribution in [3.05, 3.63) is 59.1 Å². The van der Waals surface area contributed by atoms with Gasteiger partial charge in [0, 0.05) is 47.5 Å². The number of aromatic nitrogens is 1. The number of rotatable bonds is 8. The van der Waals surface area contributed by atoms with Crippen molar-refractivity contribution in [2.45, 2.75) is 20.3 Å². The maximum absolute atomic E-state index is 13.2. The molecule has 0 spiro atoms. The molecule has 4 rings (SSSR count). The Morgan fingerprint density at radius 1 is 1.13 bits per heavy atom. The SMILES string of the molecule is CCOc1ccc2ncc3c(-c4ccc(C)cc4)c(C(=O)NCCCOC)sc3c2c1. The largest absolute Gasteiger partial charge is 0.494 e. The molecule has 4 aromatic rings. The summed E-state index contributed by atoms with van der Waals surface area (Å²) in [6.45, 7) is 5.82. The Labute approximate surface area is 186 Å². The summed E-state index contributed by atoms with van der Waals surface area (Å²) < 4.78 is 11.8. The number of fused-ring (bicyclic) bond motifs is 3. The van der Waals surface area contributed by atoms with Crippen molar-refractivity contribution in [3.8, 4) is 16.9 Å². The lowest BCUT2D eigenvalue weighted by Crippen LogP contribution is -2.24. The highest BCUT2D eigenvalue weighted by atomic mass is 32.1. The molecule has 0 radical (unpaired) electrons. The van der Waals surface area contributed by atoms with E-state index in [2.05, 4.69) is 41.5 Å². The van der Waals surface area contributed by atoms with E-state index in [1.54, 1.807) is 7.11 Å². The summed E-state index contributed by atoms with van der Waals surface area (Å²) in [5.41, 5.74) is 4.01. The fraction of sp³-hybridized carbons (Fsp3) is 0.280. The summed E-state index contributed by atoms with van der Waals surface area (Å²) in [6, 6.07) is 14.2. The molecular weight excluding hydrogens is 408 g/mol. The molecule has 0 aliphatic rings. The van der Waals surface area contributed by atoms with Crippen LogP contribution in [0.4, 0.5) is 0 Å². The first kappa shape index (κ1) is 21.3. The summed E-state index contributed by atoms with van der Waals surface area (Å²) >= 11 is 1.51. The molecule has 2 aromatic heterocycles. The third-order valence-electron chi connectivity index (χ3n) is 5.16. The second-order valence-electron chi connectivity index (χ2n) is 7.39. The zero-order valence-corrected chi connectivity index (χ0v) is 18.8. The van der Waals surface area contributed by atoms with Crippen LogP contribution in [0.2, 0.25) is 0 Å². The Morgan fingerprint density at radius 3 is 2.68 bits per heavy atom. The van der Waals surface area contributed by atoms with E-state index in [0.717, 1.165) is 44.3 Å². The number of nitrogens with one attached hydrogen (secondary N) is 1. The number of ether oxygens (including phenoxy) is 2. The number of methoxy groups -OCH3 is 1. The number of hydrogen-bond acceptors (Lipinski definition) is 5. The molecule has 0 saturated heterocycles. The molecule has 0 unspecified atom stereocenters. The lowest BCUT2D eigenvalue weighted by Gasteiger charge is -2.08. The normalized spacial score (nSPS) is 11.2. The number of nitrogens with zero attached hydrogens (tertiary/aromatic N) is 1. The minimum absolute atomic E-state index is 0.0676. The number of benzene rings is 2. The van der Waals surface area contributed by atoms with Gasteiger partial charge in [0.05, 0.1) is 12.1 Å². The Balaban J connectivity index is 1.87. The zero-order valence-electron chi connectivity index (χ0n) is 18.0. The van der Waals surface area contributed by atoms with Gasteiger partial charge < -0.3 is 14.8 Å². The molecule has 0 bridgehead atoms. The Morgan fingerprint density at radius 2 is 1.94 bits per heavy atom. The molecule has 6 heteroatoms. The molecule has 2 aromatic carbocycles. The molecule has 1 amide bonds. The van der Waals surface area contributed by atoms with Gasteiger partial charge in [-0.3, -0.25) is 9.78 Å². The van der Waals surface area contributed by atoms with Gasteiger partial charge in [0.1, 0.15) is 10.6 Å². The smallest absolute Gasteiger partial charge is 0.262 e. The van der Waals surface area contributed by atoms with Gasteiger partial charge in [-0.15, -0.1) is 11.3 Å². The molecule has 1 N–H and O–H groups in total. The van der Waals surface area contributed by atoms with E-state index in [0.29, 0.717) is 24.6 Å². The highest BCUT2D eigenvalue weighted by molar-refractivity contribution is 7.22. The van der Waals surface area contributed by atoms with Crippen molar-refractivity contribution in [2.75, 3.05) is 26.9 Å². The number of pyridine rings is 1. The standard InChI is InChI=1S/C25H26N2O3S/c1-4-30-18-10-11-21-19(14-18)23-20(15-27-21)22(17-8-6-16(2)7-9-17)24(31-23)25(28)26-12-5-13-29-3/h6-11,14-15H,4-5,12-13H2,1-3H3,(H,26,28).